The standard InChI is InChI=1S/C16H23N3O2S/c1-19(2,3)10-6-9-17-15(20)11-14-16(21)18-12-7-4-5-8-13(12)22-14/h4-5,7-8,14H,6,9-11H2,1-3H3,(H-,17,18,20,21)/p+1. The molecule has 1 atom stereocenters. The normalized spacial score (nSPS) is 17.6. The summed E-state index contributed by atoms with van der Waals surface area (Å²) in [6.07, 6.45) is 1.15. The summed E-state index contributed by atoms with van der Waals surface area (Å²) in [5.41, 5.74) is 0.831. The predicted molar refractivity (Wildman–Crippen MR) is 89.9 cm³/mol. The van der Waals surface area contributed by atoms with Crippen LogP contribution in [0.3, 0.4) is 0 Å². The number of fused-ring (bicyclic) bond motifs is 1. The lowest BCUT2D eigenvalue weighted by molar-refractivity contribution is -0.870. The number of nitrogens with zero attached hydrogens (tertiary/aromatic N) is 1. The first-order chi connectivity index (χ1) is 10.3. The number of amides is 2. The number of rotatable bonds is 6. The molecule has 0 saturated heterocycles. The number of anilines is 1. The van der Waals surface area contributed by atoms with Crippen LogP contribution in [0.25, 0.3) is 0 Å². The Hall–Kier alpha value is -1.53. The van der Waals surface area contributed by atoms with Gasteiger partial charge < -0.3 is 15.1 Å². The van der Waals surface area contributed by atoms with Crippen molar-refractivity contribution in [1.82, 2.24) is 5.32 Å². The predicted octanol–water partition coefficient (Wildman–Crippen LogP) is 1.70. The van der Waals surface area contributed by atoms with Gasteiger partial charge in [-0.05, 0) is 12.1 Å². The van der Waals surface area contributed by atoms with Crippen LogP contribution in [-0.2, 0) is 9.59 Å². The van der Waals surface area contributed by atoms with Gasteiger partial charge in [-0.2, -0.15) is 0 Å². The second-order valence-corrected chi connectivity index (χ2v) is 7.76. The highest BCUT2D eigenvalue weighted by Gasteiger charge is 2.28. The van der Waals surface area contributed by atoms with Gasteiger partial charge in [0, 0.05) is 24.3 Å². The van der Waals surface area contributed by atoms with E-state index in [-0.39, 0.29) is 23.5 Å². The van der Waals surface area contributed by atoms with Crippen molar-refractivity contribution in [3.63, 3.8) is 0 Å². The molecule has 1 aromatic carbocycles. The lowest BCUT2D eigenvalue weighted by atomic mass is 10.2. The van der Waals surface area contributed by atoms with Crippen molar-refractivity contribution in [3.05, 3.63) is 24.3 Å². The van der Waals surface area contributed by atoms with Gasteiger partial charge in [0.2, 0.25) is 11.8 Å². The highest BCUT2D eigenvalue weighted by atomic mass is 32.2. The van der Waals surface area contributed by atoms with Crippen molar-refractivity contribution < 1.29 is 14.1 Å². The van der Waals surface area contributed by atoms with Crippen molar-refractivity contribution >= 4 is 29.3 Å². The molecule has 0 spiro atoms. The number of quaternary nitrogens is 1. The molecular formula is C16H24N3O2S+. The van der Waals surface area contributed by atoms with Crippen LogP contribution in [0.2, 0.25) is 0 Å². The van der Waals surface area contributed by atoms with Gasteiger partial charge >= 0.3 is 0 Å². The summed E-state index contributed by atoms with van der Waals surface area (Å²) in [7, 11) is 6.38. The van der Waals surface area contributed by atoms with E-state index in [1.54, 1.807) is 0 Å². The topological polar surface area (TPSA) is 58.2 Å². The molecule has 0 aliphatic carbocycles. The second kappa shape index (κ2) is 7.15. The van der Waals surface area contributed by atoms with Crippen molar-refractivity contribution in [2.75, 3.05) is 39.5 Å². The molecule has 0 aromatic heterocycles. The van der Waals surface area contributed by atoms with Gasteiger partial charge in [-0.1, -0.05) is 12.1 Å². The lowest BCUT2D eigenvalue weighted by Crippen LogP contribution is -2.38. The van der Waals surface area contributed by atoms with Crippen LogP contribution in [-0.4, -0.2) is 55.8 Å². The minimum atomic E-state index is -0.353. The van der Waals surface area contributed by atoms with Crippen LogP contribution in [0.15, 0.2) is 29.2 Å². The van der Waals surface area contributed by atoms with Crippen molar-refractivity contribution in [2.45, 2.75) is 23.0 Å². The molecule has 1 unspecified atom stereocenters. The summed E-state index contributed by atoms with van der Waals surface area (Å²) in [6.45, 7) is 1.66. The molecule has 2 N–H and O–H groups in total. The molecule has 2 amide bonds. The zero-order valence-electron chi connectivity index (χ0n) is 13.4. The fourth-order valence-corrected chi connectivity index (χ4v) is 3.36. The molecule has 5 nitrogen and oxygen atoms in total. The number of nitrogens with one attached hydrogen (secondary N) is 2. The summed E-state index contributed by atoms with van der Waals surface area (Å²) in [6, 6.07) is 7.67. The zero-order valence-corrected chi connectivity index (χ0v) is 14.2. The maximum Gasteiger partial charge on any atom is 0.238 e. The number of carbonyl (C=O) groups is 2. The van der Waals surface area contributed by atoms with Crippen LogP contribution in [0.5, 0.6) is 0 Å². The van der Waals surface area contributed by atoms with E-state index in [0.29, 0.717) is 6.54 Å². The molecule has 1 heterocycles. The van der Waals surface area contributed by atoms with Crippen LogP contribution in [0, 0.1) is 0 Å². The van der Waals surface area contributed by atoms with E-state index < -0.39 is 0 Å². The van der Waals surface area contributed by atoms with Gasteiger partial charge in [-0.3, -0.25) is 9.59 Å². The van der Waals surface area contributed by atoms with Gasteiger partial charge in [0.25, 0.3) is 0 Å². The molecule has 0 fully saturated rings. The van der Waals surface area contributed by atoms with E-state index in [1.165, 1.54) is 11.8 Å². The average Bonchev–Trinajstić information content (AvgIpc) is 2.43. The maximum absolute atomic E-state index is 12.0. The fraction of sp³-hybridized carbons (Fsp3) is 0.500. The first-order valence-electron chi connectivity index (χ1n) is 7.49. The Morgan fingerprint density at radius 3 is 2.77 bits per heavy atom. The van der Waals surface area contributed by atoms with Crippen LogP contribution >= 0.6 is 11.8 Å². The van der Waals surface area contributed by atoms with Crippen molar-refractivity contribution in [3.8, 4) is 0 Å². The molecule has 1 aliphatic heterocycles. The molecule has 6 heteroatoms. The molecule has 1 aliphatic rings. The van der Waals surface area contributed by atoms with E-state index >= 15 is 0 Å². The summed E-state index contributed by atoms with van der Waals surface area (Å²) in [4.78, 5) is 25.0. The first kappa shape index (κ1) is 16.8. The monoisotopic (exact) mass is 322 g/mol. The van der Waals surface area contributed by atoms with Gasteiger partial charge in [0.15, 0.2) is 0 Å². The number of carbonyl (C=O) groups excluding carboxylic acids is 2. The van der Waals surface area contributed by atoms with E-state index in [9.17, 15) is 9.59 Å². The maximum atomic E-state index is 12.0. The highest BCUT2D eigenvalue weighted by Crippen LogP contribution is 2.36. The van der Waals surface area contributed by atoms with Gasteiger partial charge in [0.1, 0.15) is 0 Å². The SMILES string of the molecule is C[N+](C)(C)CCCNC(=O)CC1Sc2ccccc2NC1=O. The quantitative estimate of drug-likeness (QED) is 0.619. The number of benzene rings is 1. The van der Waals surface area contributed by atoms with Crippen molar-refractivity contribution in [1.29, 1.82) is 0 Å². The Labute approximate surface area is 136 Å². The number of para-hydroxylation sites is 1. The minimum Gasteiger partial charge on any atom is -0.356 e. The average molecular weight is 322 g/mol. The second-order valence-electron chi connectivity index (χ2n) is 6.51. The van der Waals surface area contributed by atoms with E-state index in [1.807, 2.05) is 24.3 Å². The Bertz CT molecular complexity index is 555. The number of hydrogen-bond acceptors (Lipinski definition) is 3. The van der Waals surface area contributed by atoms with E-state index in [2.05, 4.69) is 31.8 Å². The summed E-state index contributed by atoms with van der Waals surface area (Å²) in [5.74, 6) is -0.154. The Morgan fingerprint density at radius 2 is 2.05 bits per heavy atom. The summed E-state index contributed by atoms with van der Waals surface area (Å²) in [5, 5.41) is 5.41. The fourth-order valence-electron chi connectivity index (χ4n) is 2.25. The van der Waals surface area contributed by atoms with Gasteiger partial charge in [-0.15, -0.1) is 11.8 Å². The first-order valence-corrected chi connectivity index (χ1v) is 8.37. The molecule has 22 heavy (non-hydrogen) atoms. The molecular weight excluding hydrogens is 298 g/mol. The Kier molecular flexibility index (Phi) is 5.47. The molecule has 0 saturated carbocycles. The van der Waals surface area contributed by atoms with Crippen LogP contribution in [0.1, 0.15) is 12.8 Å². The zero-order chi connectivity index (χ0) is 16.2. The molecule has 0 bridgehead atoms. The molecule has 0 radical (unpaired) electrons. The van der Waals surface area contributed by atoms with Gasteiger partial charge in [0.05, 0.1) is 38.6 Å². The lowest BCUT2D eigenvalue weighted by Gasteiger charge is -2.24. The van der Waals surface area contributed by atoms with Gasteiger partial charge in [-0.25, -0.2) is 0 Å². The third-order valence-electron chi connectivity index (χ3n) is 3.41. The third kappa shape index (κ3) is 5.03. The smallest absolute Gasteiger partial charge is 0.238 e. The molecule has 2 rings (SSSR count). The minimum absolute atomic E-state index is 0.0616. The molecule has 120 valence electrons. The summed E-state index contributed by atoms with van der Waals surface area (Å²) >= 11 is 1.46. The summed E-state index contributed by atoms with van der Waals surface area (Å²) < 4.78 is 0.882. The van der Waals surface area contributed by atoms with Crippen LogP contribution < -0.4 is 10.6 Å². The Morgan fingerprint density at radius 1 is 1.32 bits per heavy atom. The third-order valence-corrected chi connectivity index (χ3v) is 4.68. The molecule has 1 aromatic rings. The largest absolute Gasteiger partial charge is 0.356 e. The Balaban J connectivity index is 1.79. The number of hydrogen-bond donors (Lipinski definition) is 2. The van der Waals surface area contributed by atoms with Crippen molar-refractivity contribution in [2.24, 2.45) is 0 Å². The highest BCUT2D eigenvalue weighted by molar-refractivity contribution is 8.01. The number of thioether (sulfide) groups is 1. The van der Waals surface area contributed by atoms with E-state index in [0.717, 1.165) is 28.0 Å². The van der Waals surface area contributed by atoms with Crippen LogP contribution in [0.4, 0.5) is 5.69 Å². The van der Waals surface area contributed by atoms with E-state index in [4.69, 9.17) is 0 Å².